The molecule has 2 saturated heterocycles. The van der Waals surface area contributed by atoms with Gasteiger partial charge >= 0.3 is 0 Å². The minimum Gasteiger partial charge on any atom is -0.376 e. The van der Waals surface area contributed by atoms with Gasteiger partial charge in [-0.3, -0.25) is 4.98 Å². The van der Waals surface area contributed by atoms with Gasteiger partial charge in [0.05, 0.1) is 23.9 Å². The molecule has 2 fully saturated rings. The number of rotatable bonds is 5. The van der Waals surface area contributed by atoms with Gasteiger partial charge in [0.15, 0.2) is 5.11 Å². The Morgan fingerprint density at radius 1 is 1.31 bits per heavy atom. The Morgan fingerprint density at radius 3 is 2.88 bits per heavy atom. The lowest BCUT2D eigenvalue weighted by Gasteiger charge is -2.32. The molecule has 2 aromatic rings. The van der Waals surface area contributed by atoms with Crippen molar-refractivity contribution in [2.24, 2.45) is 0 Å². The molecule has 0 aromatic carbocycles. The van der Waals surface area contributed by atoms with Crippen LogP contribution in [0.4, 0.5) is 0 Å². The van der Waals surface area contributed by atoms with E-state index in [1.54, 1.807) is 0 Å². The van der Waals surface area contributed by atoms with E-state index in [0.717, 1.165) is 36.8 Å². The number of ether oxygens (including phenoxy) is 1. The van der Waals surface area contributed by atoms with E-state index in [-0.39, 0.29) is 12.1 Å². The van der Waals surface area contributed by atoms with Gasteiger partial charge in [0.25, 0.3) is 0 Å². The highest BCUT2D eigenvalue weighted by Gasteiger charge is 2.42. The number of pyridine rings is 1. The first-order valence-corrected chi connectivity index (χ1v) is 9.82. The fourth-order valence-corrected chi connectivity index (χ4v) is 4.56. The van der Waals surface area contributed by atoms with E-state index in [1.165, 1.54) is 5.69 Å². The highest BCUT2D eigenvalue weighted by Crippen LogP contribution is 2.40. The number of thiocarbonyl (C=S) groups is 1. The van der Waals surface area contributed by atoms with Gasteiger partial charge in [-0.1, -0.05) is 6.07 Å². The highest BCUT2D eigenvalue weighted by atomic mass is 32.1. The van der Waals surface area contributed by atoms with Crippen molar-refractivity contribution in [3.63, 3.8) is 0 Å². The third-order valence-electron chi connectivity index (χ3n) is 5.28. The fraction of sp³-hybridized carbons (Fsp3) is 0.500. The first-order valence-electron chi connectivity index (χ1n) is 9.41. The van der Waals surface area contributed by atoms with E-state index >= 15 is 0 Å². The molecule has 2 aromatic heterocycles. The summed E-state index contributed by atoms with van der Waals surface area (Å²) in [7, 11) is 0. The highest BCUT2D eigenvalue weighted by molar-refractivity contribution is 7.80. The topological polar surface area (TPSA) is 42.3 Å². The molecule has 26 heavy (non-hydrogen) atoms. The van der Waals surface area contributed by atoms with Gasteiger partial charge in [-0.05, 0) is 63.2 Å². The molecule has 1 N–H and O–H groups in total. The summed E-state index contributed by atoms with van der Waals surface area (Å²) in [5.41, 5.74) is 2.28. The van der Waals surface area contributed by atoms with Crippen molar-refractivity contribution < 1.29 is 4.74 Å². The van der Waals surface area contributed by atoms with E-state index in [1.807, 2.05) is 18.3 Å². The maximum absolute atomic E-state index is 5.86. The molecule has 6 heteroatoms. The second-order valence-corrected chi connectivity index (χ2v) is 7.73. The van der Waals surface area contributed by atoms with Gasteiger partial charge in [0, 0.05) is 37.3 Å². The van der Waals surface area contributed by atoms with Crippen LogP contribution < -0.4 is 5.32 Å². The Labute approximate surface area is 160 Å². The molecule has 0 saturated carbocycles. The zero-order valence-corrected chi connectivity index (χ0v) is 16.2. The second kappa shape index (κ2) is 7.37. The first kappa shape index (κ1) is 17.5. The summed E-state index contributed by atoms with van der Waals surface area (Å²) >= 11 is 5.68. The van der Waals surface area contributed by atoms with Crippen LogP contribution in [0.1, 0.15) is 50.2 Å². The van der Waals surface area contributed by atoms with Crippen molar-refractivity contribution >= 4 is 17.3 Å². The van der Waals surface area contributed by atoms with Crippen LogP contribution >= 0.6 is 12.2 Å². The fourth-order valence-electron chi connectivity index (χ4n) is 4.11. The van der Waals surface area contributed by atoms with E-state index < -0.39 is 0 Å². The zero-order chi connectivity index (χ0) is 18.1. The molecule has 4 rings (SSSR count). The average molecular weight is 371 g/mol. The zero-order valence-electron chi connectivity index (χ0n) is 15.3. The van der Waals surface area contributed by atoms with Gasteiger partial charge < -0.3 is 19.5 Å². The van der Waals surface area contributed by atoms with Crippen LogP contribution in [-0.2, 0) is 11.3 Å². The summed E-state index contributed by atoms with van der Waals surface area (Å²) in [6.07, 6.45) is 6.61. The van der Waals surface area contributed by atoms with E-state index in [9.17, 15) is 0 Å². The van der Waals surface area contributed by atoms with Crippen LogP contribution in [0, 0.1) is 0 Å². The Hall–Kier alpha value is -1.92. The number of hydrogen-bond donors (Lipinski definition) is 1. The molecule has 0 radical (unpaired) electrons. The quantitative estimate of drug-likeness (QED) is 0.817. The van der Waals surface area contributed by atoms with Crippen LogP contribution in [0.2, 0.25) is 0 Å². The molecule has 2 aliphatic heterocycles. The molecule has 0 spiro atoms. The summed E-state index contributed by atoms with van der Waals surface area (Å²) in [6.45, 7) is 6.15. The average Bonchev–Trinajstić information content (AvgIpc) is 3.36. The van der Waals surface area contributed by atoms with Crippen molar-refractivity contribution in [2.75, 3.05) is 6.61 Å². The van der Waals surface area contributed by atoms with Crippen LogP contribution in [-0.4, -0.2) is 38.3 Å². The minimum atomic E-state index is 0.0456. The number of aromatic nitrogens is 2. The molecule has 138 valence electrons. The monoisotopic (exact) mass is 370 g/mol. The smallest absolute Gasteiger partial charge is 0.170 e. The maximum Gasteiger partial charge on any atom is 0.170 e. The normalized spacial score (nSPS) is 25.9. The Balaban J connectivity index is 1.70. The van der Waals surface area contributed by atoms with Crippen LogP contribution in [0.25, 0.3) is 0 Å². The largest absolute Gasteiger partial charge is 0.376 e. The third kappa shape index (κ3) is 3.23. The van der Waals surface area contributed by atoms with Gasteiger partial charge in [-0.2, -0.15) is 0 Å². The number of nitrogens with one attached hydrogen (secondary N) is 1. The molecule has 0 unspecified atom stereocenters. The van der Waals surface area contributed by atoms with Gasteiger partial charge in [-0.15, -0.1) is 0 Å². The Kier molecular flexibility index (Phi) is 4.96. The summed E-state index contributed by atoms with van der Waals surface area (Å²) in [6, 6.07) is 10.9. The molecular weight excluding hydrogens is 344 g/mol. The lowest BCUT2D eigenvalue weighted by atomic mass is 10.0. The molecular formula is C20H26N4OS. The molecule has 4 heterocycles. The van der Waals surface area contributed by atoms with Crippen LogP contribution in [0.3, 0.4) is 0 Å². The maximum atomic E-state index is 5.86. The van der Waals surface area contributed by atoms with Crippen molar-refractivity contribution in [2.45, 2.75) is 57.5 Å². The summed E-state index contributed by atoms with van der Waals surface area (Å²) in [4.78, 5) is 6.90. The van der Waals surface area contributed by atoms with E-state index in [2.05, 4.69) is 58.0 Å². The molecule has 5 nitrogen and oxygen atoms in total. The number of hydrogen-bond acceptors (Lipinski definition) is 3. The van der Waals surface area contributed by atoms with Gasteiger partial charge in [-0.25, -0.2) is 0 Å². The second-order valence-electron chi connectivity index (χ2n) is 7.35. The lowest BCUT2D eigenvalue weighted by Crippen LogP contribution is -2.36. The van der Waals surface area contributed by atoms with Crippen LogP contribution in [0.5, 0.6) is 0 Å². The van der Waals surface area contributed by atoms with Crippen molar-refractivity contribution in [1.29, 1.82) is 0 Å². The van der Waals surface area contributed by atoms with Crippen LogP contribution in [0.15, 0.2) is 42.7 Å². The van der Waals surface area contributed by atoms with Crippen molar-refractivity contribution in [1.82, 2.24) is 19.8 Å². The summed E-state index contributed by atoms with van der Waals surface area (Å²) in [5.74, 6) is 0. The molecule has 0 bridgehead atoms. The minimum absolute atomic E-state index is 0.0456. The Bertz CT molecular complexity index is 754. The van der Waals surface area contributed by atoms with E-state index in [4.69, 9.17) is 17.0 Å². The van der Waals surface area contributed by atoms with Crippen molar-refractivity contribution in [3.8, 4) is 0 Å². The van der Waals surface area contributed by atoms with Gasteiger partial charge in [0.2, 0.25) is 0 Å². The molecule has 0 aliphatic carbocycles. The summed E-state index contributed by atoms with van der Waals surface area (Å²) in [5, 5.41) is 4.31. The third-order valence-corrected chi connectivity index (χ3v) is 5.61. The Morgan fingerprint density at radius 2 is 2.19 bits per heavy atom. The van der Waals surface area contributed by atoms with Gasteiger partial charge in [0.1, 0.15) is 0 Å². The standard InChI is InChI=1S/C20H26N4OS/c1-14(2)24-19(18(22-20(24)26)16-8-3-4-10-21-16)17-9-5-11-23(17)13-15-7-6-12-25-15/h3-5,8-11,14-15,18-19H,6-7,12-13H2,1-2H3,(H,22,26)/t15-,18-,19+/m0/s1. The molecule has 3 atom stereocenters. The predicted molar refractivity (Wildman–Crippen MR) is 106 cm³/mol. The first-order chi connectivity index (χ1) is 12.6. The predicted octanol–water partition coefficient (Wildman–Crippen LogP) is 3.44. The van der Waals surface area contributed by atoms with E-state index in [0.29, 0.717) is 12.1 Å². The molecule has 0 amide bonds. The lowest BCUT2D eigenvalue weighted by molar-refractivity contribution is 0.0951. The summed E-state index contributed by atoms with van der Waals surface area (Å²) < 4.78 is 8.20. The SMILES string of the molecule is CC(C)N1C(=S)N[C@@H](c2ccccn2)[C@H]1c1cccn1C[C@@H]1CCCO1. The molecule has 2 aliphatic rings. The number of nitrogens with zero attached hydrogens (tertiary/aromatic N) is 3. The van der Waals surface area contributed by atoms with Crippen molar-refractivity contribution in [3.05, 3.63) is 54.1 Å².